The molecule has 0 radical (unpaired) electrons. The van der Waals surface area contributed by atoms with Gasteiger partial charge in [0.15, 0.2) is 0 Å². The molecule has 1 atom stereocenters. The molecule has 0 aromatic heterocycles. The van der Waals surface area contributed by atoms with Crippen molar-refractivity contribution >= 4 is 15.9 Å². The van der Waals surface area contributed by atoms with Crippen LogP contribution in [0.15, 0.2) is 0 Å². The third-order valence-corrected chi connectivity index (χ3v) is 3.77. The van der Waals surface area contributed by atoms with Crippen molar-refractivity contribution in [3.8, 4) is 0 Å². The van der Waals surface area contributed by atoms with Crippen molar-refractivity contribution in [1.29, 1.82) is 0 Å². The Hall–Kier alpha value is 0.400. The number of methoxy groups -OCH3 is 1. The van der Waals surface area contributed by atoms with Gasteiger partial charge in [0.1, 0.15) is 0 Å². The van der Waals surface area contributed by atoms with Gasteiger partial charge in [-0.15, -0.1) is 0 Å². The van der Waals surface area contributed by atoms with Gasteiger partial charge in [-0.3, -0.25) is 0 Å². The van der Waals surface area contributed by atoms with Crippen LogP contribution in [0.5, 0.6) is 0 Å². The summed E-state index contributed by atoms with van der Waals surface area (Å²) in [5, 5.41) is 0.979. The van der Waals surface area contributed by atoms with E-state index in [0.29, 0.717) is 12.2 Å². The van der Waals surface area contributed by atoms with Crippen molar-refractivity contribution in [2.75, 3.05) is 12.4 Å². The number of ether oxygens (including phenoxy) is 2. The van der Waals surface area contributed by atoms with E-state index in [4.69, 9.17) is 9.47 Å². The van der Waals surface area contributed by atoms with E-state index in [-0.39, 0.29) is 5.60 Å². The van der Waals surface area contributed by atoms with Crippen LogP contribution >= 0.6 is 15.9 Å². The van der Waals surface area contributed by atoms with Crippen molar-refractivity contribution in [1.82, 2.24) is 0 Å². The van der Waals surface area contributed by atoms with Gasteiger partial charge in [0, 0.05) is 25.3 Å². The highest BCUT2D eigenvalue weighted by molar-refractivity contribution is 9.09. The number of hydrogen-bond donors (Lipinski definition) is 0. The van der Waals surface area contributed by atoms with Crippen molar-refractivity contribution in [2.24, 2.45) is 0 Å². The first-order valence-corrected chi connectivity index (χ1v) is 5.67. The smallest absolute Gasteiger partial charge is 0.0737 e. The highest BCUT2D eigenvalue weighted by Crippen LogP contribution is 2.46. The molecule has 1 aliphatic carbocycles. The van der Waals surface area contributed by atoms with E-state index in [1.807, 2.05) is 0 Å². The molecule has 2 fully saturated rings. The number of hydrogen-bond acceptors (Lipinski definition) is 2. The lowest BCUT2D eigenvalue weighted by atomic mass is 9.75. The van der Waals surface area contributed by atoms with Gasteiger partial charge in [-0.25, -0.2) is 0 Å². The van der Waals surface area contributed by atoms with Crippen molar-refractivity contribution in [3.63, 3.8) is 0 Å². The van der Waals surface area contributed by atoms with E-state index < -0.39 is 0 Å². The molecule has 1 heterocycles. The first-order valence-electron chi connectivity index (χ1n) is 4.54. The maximum atomic E-state index is 5.94. The fourth-order valence-electron chi connectivity index (χ4n) is 2.24. The summed E-state index contributed by atoms with van der Waals surface area (Å²) in [6, 6.07) is 0. The fraction of sp³-hybridized carbons (Fsp3) is 1.00. The van der Waals surface area contributed by atoms with Gasteiger partial charge in [-0.1, -0.05) is 15.9 Å². The molecular formula is C9H15BrO2. The Morgan fingerprint density at radius 2 is 2.33 bits per heavy atom. The molecular weight excluding hydrogens is 220 g/mol. The maximum Gasteiger partial charge on any atom is 0.0737 e. The number of halogens is 1. The SMILES string of the molecule is COC1CC2(CCC(CBr)O2)C1. The van der Waals surface area contributed by atoms with E-state index in [0.717, 1.165) is 18.2 Å². The molecule has 1 saturated carbocycles. The monoisotopic (exact) mass is 234 g/mol. The molecule has 70 valence electrons. The predicted molar refractivity (Wildman–Crippen MR) is 50.7 cm³/mol. The molecule has 2 rings (SSSR count). The van der Waals surface area contributed by atoms with Crippen LogP contribution in [-0.4, -0.2) is 30.2 Å². The Morgan fingerprint density at radius 1 is 1.58 bits per heavy atom. The van der Waals surface area contributed by atoms with Gasteiger partial charge in [0.25, 0.3) is 0 Å². The topological polar surface area (TPSA) is 18.5 Å². The van der Waals surface area contributed by atoms with Gasteiger partial charge in [0.2, 0.25) is 0 Å². The fourth-order valence-corrected chi connectivity index (χ4v) is 2.70. The molecule has 0 aromatic rings. The minimum Gasteiger partial charge on any atom is -0.381 e. The van der Waals surface area contributed by atoms with E-state index in [1.165, 1.54) is 12.8 Å². The number of rotatable bonds is 2. The van der Waals surface area contributed by atoms with E-state index in [1.54, 1.807) is 7.11 Å². The zero-order chi connectivity index (χ0) is 8.60. The molecule has 3 heteroatoms. The van der Waals surface area contributed by atoms with Crippen molar-refractivity contribution in [2.45, 2.75) is 43.5 Å². The Balaban J connectivity index is 1.84. The molecule has 2 aliphatic rings. The summed E-state index contributed by atoms with van der Waals surface area (Å²) in [4.78, 5) is 0. The van der Waals surface area contributed by atoms with Crippen LogP contribution in [0.2, 0.25) is 0 Å². The molecule has 0 aromatic carbocycles. The quantitative estimate of drug-likeness (QED) is 0.682. The van der Waals surface area contributed by atoms with Crippen molar-refractivity contribution < 1.29 is 9.47 Å². The van der Waals surface area contributed by atoms with Crippen molar-refractivity contribution in [3.05, 3.63) is 0 Å². The largest absolute Gasteiger partial charge is 0.381 e. The average molecular weight is 235 g/mol. The summed E-state index contributed by atoms with van der Waals surface area (Å²) < 4.78 is 11.2. The Bertz CT molecular complexity index is 166. The molecule has 0 bridgehead atoms. The van der Waals surface area contributed by atoms with Gasteiger partial charge < -0.3 is 9.47 Å². The van der Waals surface area contributed by atoms with Gasteiger partial charge in [-0.05, 0) is 12.8 Å². The minimum absolute atomic E-state index is 0.207. The molecule has 12 heavy (non-hydrogen) atoms. The third-order valence-electron chi connectivity index (χ3n) is 3.04. The molecule has 0 N–H and O–H groups in total. The van der Waals surface area contributed by atoms with Crippen LogP contribution in [0.4, 0.5) is 0 Å². The predicted octanol–water partition coefficient (Wildman–Crippen LogP) is 2.11. The lowest BCUT2D eigenvalue weighted by molar-refractivity contribution is -0.151. The molecule has 1 aliphatic heterocycles. The summed E-state index contributed by atoms with van der Waals surface area (Å²) in [7, 11) is 1.79. The molecule has 1 saturated heterocycles. The summed E-state index contributed by atoms with van der Waals surface area (Å²) in [6.07, 6.45) is 5.55. The highest BCUT2D eigenvalue weighted by Gasteiger charge is 2.50. The van der Waals surface area contributed by atoms with Crippen LogP contribution in [-0.2, 0) is 9.47 Å². The van der Waals surface area contributed by atoms with Crippen LogP contribution in [0, 0.1) is 0 Å². The minimum atomic E-state index is 0.207. The lowest BCUT2D eigenvalue weighted by Gasteiger charge is -2.43. The van der Waals surface area contributed by atoms with Gasteiger partial charge in [-0.2, -0.15) is 0 Å². The molecule has 0 amide bonds. The second-order valence-electron chi connectivity index (χ2n) is 3.88. The van der Waals surface area contributed by atoms with Gasteiger partial charge in [0.05, 0.1) is 17.8 Å². The second-order valence-corrected chi connectivity index (χ2v) is 4.53. The Morgan fingerprint density at radius 3 is 2.83 bits per heavy atom. The normalized spacial score (nSPS) is 46.5. The summed E-state index contributed by atoms with van der Waals surface area (Å²) >= 11 is 3.46. The first kappa shape index (κ1) is 8.97. The standard InChI is InChI=1S/C9H15BrO2/c1-11-8-4-9(5-8)3-2-7(6-10)12-9/h7-8H,2-6H2,1H3. The molecule has 1 unspecified atom stereocenters. The van der Waals surface area contributed by atoms with Crippen LogP contribution in [0.1, 0.15) is 25.7 Å². The van der Waals surface area contributed by atoms with Crippen LogP contribution < -0.4 is 0 Å². The molecule has 2 nitrogen and oxygen atoms in total. The van der Waals surface area contributed by atoms with Crippen LogP contribution in [0.3, 0.4) is 0 Å². The van der Waals surface area contributed by atoms with Crippen LogP contribution in [0.25, 0.3) is 0 Å². The molecule has 1 spiro atoms. The van der Waals surface area contributed by atoms with E-state index >= 15 is 0 Å². The highest BCUT2D eigenvalue weighted by atomic mass is 79.9. The average Bonchev–Trinajstić information content (AvgIpc) is 2.45. The Kier molecular flexibility index (Phi) is 2.45. The van der Waals surface area contributed by atoms with E-state index in [2.05, 4.69) is 15.9 Å². The Labute approximate surface area is 81.7 Å². The zero-order valence-electron chi connectivity index (χ0n) is 7.38. The van der Waals surface area contributed by atoms with E-state index in [9.17, 15) is 0 Å². The summed E-state index contributed by atoms with van der Waals surface area (Å²) in [5.74, 6) is 0. The third kappa shape index (κ3) is 1.42. The first-order chi connectivity index (χ1) is 5.78. The zero-order valence-corrected chi connectivity index (χ0v) is 8.97. The second kappa shape index (κ2) is 3.28. The number of alkyl halides is 1. The lowest BCUT2D eigenvalue weighted by Crippen LogP contribution is -2.48. The van der Waals surface area contributed by atoms with Gasteiger partial charge >= 0.3 is 0 Å². The maximum absolute atomic E-state index is 5.94. The summed E-state index contributed by atoms with van der Waals surface area (Å²) in [6.45, 7) is 0. The summed E-state index contributed by atoms with van der Waals surface area (Å²) in [5.41, 5.74) is 0.207.